The number of halogens is 1. The zero-order valence-electron chi connectivity index (χ0n) is 15.7. The summed E-state index contributed by atoms with van der Waals surface area (Å²) in [7, 11) is 1.93. The number of nitrogen functional groups attached to an aromatic ring is 1. The highest BCUT2D eigenvalue weighted by Gasteiger charge is 2.54. The summed E-state index contributed by atoms with van der Waals surface area (Å²) < 4.78 is 17.1. The standard InChI is InChI=1S/C20H23FN4O3/c1-23-14-8-24(9-20(14)4-5-20)13-6-12-15(17(22)16(13)21)18(26)11(19(27)28)7-25(12)10-2-3-10/h6-7,10,14,23H,2-5,8-9,22H2,1H3,(H,27,28). The fourth-order valence-electron chi connectivity index (χ4n) is 4.75. The van der Waals surface area contributed by atoms with Crippen LogP contribution in [-0.4, -0.2) is 41.8 Å². The lowest BCUT2D eigenvalue weighted by atomic mass is 10.0. The van der Waals surface area contributed by atoms with Crippen LogP contribution in [0, 0.1) is 11.2 Å². The molecule has 1 aromatic carbocycles. The van der Waals surface area contributed by atoms with E-state index in [1.54, 1.807) is 10.6 Å². The van der Waals surface area contributed by atoms with Crippen LogP contribution in [0.5, 0.6) is 0 Å². The Morgan fingerprint density at radius 3 is 2.64 bits per heavy atom. The van der Waals surface area contributed by atoms with Gasteiger partial charge in [0.05, 0.1) is 22.3 Å². The van der Waals surface area contributed by atoms with E-state index in [0.717, 1.165) is 32.2 Å². The van der Waals surface area contributed by atoms with Crippen molar-refractivity contribution in [1.29, 1.82) is 0 Å². The van der Waals surface area contributed by atoms with Crippen LogP contribution in [0.25, 0.3) is 10.9 Å². The van der Waals surface area contributed by atoms with Gasteiger partial charge in [-0.05, 0) is 38.8 Å². The highest BCUT2D eigenvalue weighted by Crippen LogP contribution is 2.54. The lowest BCUT2D eigenvalue weighted by Gasteiger charge is -2.22. The zero-order chi connectivity index (χ0) is 19.8. The summed E-state index contributed by atoms with van der Waals surface area (Å²) in [6.07, 6.45) is 5.42. The van der Waals surface area contributed by atoms with Crippen LogP contribution in [0.2, 0.25) is 0 Å². The Kier molecular flexibility index (Phi) is 3.56. The van der Waals surface area contributed by atoms with Crippen molar-refractivity contribution < 1.29 is 14.3 Å². The molecule has 7 nitrogen and oxygen atoms in total. The Bertz CT molecular complexity index is 1070. The zero-order valence-corrected chi connectivity index (χ0v) is 15.7. The van der Waals surface area contributed by atoms with Gasteiger partial charge in [0.2, 0.25) is 5.43 Å². The van der Waals surface area contributed by atoms with Crippen molar-refractivity contribution in [1.82, 2.24) is 9.88 Å². The molecule has 1 aromatic heterocycles. The van der Waals surface area contributed by atoms with Gasteiger partial charge in [-0.1, -0.05) is 0 Å². The van der Waals surface area contributed by atoms with Crippen LogP contribution in [-0.2, 0) is 0 Å². The van der Waals surface area contributed by atoms with E-state index < -0.39 is 17.2 Å². The number of nitrogens with one attached hydrogen (secondary N) is 1. The summed E-state index contributed by atoms with van der Waals surface area (Å²) in [5.74, 6) is -1.96. The molecule has 1 saturated heterocycles. The number of aromatic nitrogens is 1. The van der Waals surface area contributed by atoms with E-state index in [-0.39, 0.29) is 28.1 Å². The number of anilines is 2. The first kappa shape index (κ1) is 17.5. The maximum absolute atomic E-state index is 15.3. The van der Waals surface area contributed by atoms with Gasteiger partial charge in [0.1, 0.15) is 5.56 Å². The minimum absolute atomic E-state index is 0.0291. The van der Waals surface area contributed by atoms with Crippen LogP contribution < -0.4 is 21.4 Å². The summed E-state index contributed by atoms with van der Waals surface area (Å²) in [5, 5.41) is 12.7. The molecule has 2 heterocycles. The molecule has 2 saturated carbocycles. The molecule has 3 fully saturated rings. The number of carboxylic acid groups (broad SMARTS) is 1. The molecule has 2 aliphatic carbocycles. The average molecular weight is 386 g/mol. The lowest BCUT2D eigenvalue weighted by molar-refractivity contribution is 0.0695. The molecule has 148 valence electrons. The number of pyridine rings is 1. The topological polar surface area (TPSA) is 101 Å². The molecule has 0 amide bonds. The highest BCUT2D eigenvalue weighted by atomic mass is 19.1. The van der Waals surface area contributed by atoms with E-state index in [4.69, 9.17) is 5.73 Å². The second-order valence-electron chi connectivity index (χ2n) is 8.42. The molecular weight excluding hydrogens is 363 g/mol. The van der Waals surface area contributed by atoms with Crippen LogP contribution in [0.4, 0.5) is 15.8 Å². The molecule has 1 atom stereocenters. The maximum atomic E-state index is 15.3. The normalized spacial score (nSPS) is 22.9. The fourth-order valence-corrected chi connectivity index (χ4v) is 4.75. The van der Waals surface area contributed by atoms with Gasteiger partial charge < -0.3 is 25.6 Å². The number of fused-ring (bicyclic) bond motifs is 1. The Morgan fingerprint density at radius 2 is 2.11 bits per heavy atom. The summed E-state index contributed by atoms with van der Waals surface area (Å²) in [4.78, 5) is 26.2. The number of hydrogen-bond acceptors (Lipinski definition) is 5. The third-order valence-electron chi connectivity index (χ3n) is 6.68. The van der Waals surface area contributed by atoms with E-state index in [1.165, 1.54) is 6.20 Å². The molecule has 1 spiro atoms. The fraction of sp³-hybridized carbons (Fsp3) is 0.500. The number of aromatic carboxylic acids is 1. The van der Waals surface area contributed by atoms with Crippen molar-refractivity contribution in [2.24, 2.45) is 5.41 Å². The molecular formula is C20H23FN4O3. The molecule has 5 rings (SSSR count). The van der Waals surface area contributed by atoms with Crippen LogP contribution in [0.1, 0.15) is 42.1 Å². The third-order valence-corrected chi connectivity index (χ3v) is 6.68. The first-order valence-electron chi connectivity index (χ1n) is 9.68. The monoisotopic (exact) mass is 386 g/mol. The van der Waals surface area contributed by atoms with Gasteiger partial charge in [-0.15, -0.1) is 0 Å². The van der Waals surface area contributed by atoms with Gasteiger partial charge >= 0.3 is 5.97 Å². The minimum Gasteiger partial charge on any atom is -0.477 e. The number of likely N-dealkylation sites (N-methyl/N-ethyl adjacent to an activating group) is 1. The Balaban J connectivity index is 1.72. The Labute approximate surface area is 160 Å². The van der Waals surface area contributed by atoms with E-state index in [2.05, 4.69) is 5.32 Å². The van der Waals surface area contributed by atoms with Gasteiger partial charge in [0, 0.05) is 36.8 Å². The van der Waals surface area contributed by atoms with Crippen LogP contribution in [0.3, 0.4) is 0 Å². The minimum atomic E-state index is -1.32. The molecule has 0 bridgehead atoms. The number of rotatable bonds is 4. The van der Waals surface area contributed by atoms with E-state index >= 15 is 4.39 Å². The summed E-state index contributed by atoms with van der Waals surface area (Å²) >= 11 is 0. The SMILES string of the molecule is CNC1CN(c2cc3c(c(N)c2F)c(=O)c(C(=O)O)cn3C2CC2)CC12CC2. The quantitative estimate of drug-likeness (QED) is 0.695. The lowest BCUT2D eigenvalue weighted by Crippen LogP contribution is -2.34. The van der Waals surface area contributed by atoms with E-state index in [9.17, 15) is 14.7 Å². The first-order valence-corrected chi connectivity index (χ1v) is 9.68. The molecule has 8 heteroatoms. The molecule has 0 radical (unpaired) electrons. The first-order chi connectivity index (χ1) is 13.4. The van der Waals surface area contributed by atoms with Gasteiger partial charge in [-0.2, -0.15) is 0 Å². The van der Waals surface area contributed by atoms with Crippen molar-refractivity contribution in [3.8, 4) is 0 Å². The number of nitrogens with two attached hydrogens (primary N) is 1. The van der Waals surface area contributed by atoms with Gasteiger partial charge in [0.25, 0.3) is 0 Å². The van der Waals surface area contributed by atoms with Crippen LogP contribution in [0.15, 0.2) is 17.1 Å². The van der Waals surface area contributed by atoms with Crippen molar-refractivity contribution in [2.75, 3.05) is 30.8 Å². The summed E-state index contributed by atoms with van der Waals surface area (Å²) in [6, 6.07) is 2.10. The van der Waals surface area contributed by atoms with Crippen molar-refractivity contribution in [3.63, 3.8) is 0 Å². The van der Waals surface area contributed by atoms with Gasteiger partial charge in [0.15, 0.2) is 5.82 Å². The second kappa shape index (κ2) is 5.70. The molecule has 2 aromatic rings. The second-order valence-corrected chi connectivity index (χ2v) is 8.42. The summed E-state index contributed by atoms with van der Waals surface area (Å²) in [5.41, 5.74) is 5.82. The largest absolute Gasteiger partial charge is 0.477 e. The Hall–Kier alpha value is -2.61. The molecule has 1 aliphatic heterocycles. The Morgan fingerprint density at radius 1 is 1.39 bits per heavy atom. The number of carbonyl (C=O) groups is 1. The molecule has 28 heavy (non-hydrogen) atoms. The van der Waals surface area contributed by atoms with Gasteiger partial charge in [-0.3, -0.25) is 4.79 Å². The predicted octanol–water partition coefficient (Wildman–Crippen LogP) is 1.94. The number of hydrogen-bond donors (Lipinski definition) is 3. The smallest absolute Gasteiger partial charge is 0.341 e. The third kappa shape index (κ3) is 2.37. The van der Waals surface area contributed by atoms with E-state index in [1.807, 2.05) is 11.9 Å². The highest BCUT2D eigenvalue weighted by molar-refractivity contribution is 5.99. The van der Waals surface area contributed by atoms with Gasteiger partial charge in [-0.25, -0.2) is 9.18 Å². The van der Waals surface area contributed by atoms with Crippen molar-refractivity contribution in [3.05, 3.63) is 33.9 Å². The average Bonchev–Trinajstić information content (AvgIpc) is 3.56. The van der Waals surface area contributed by atoms with Crippen molar-refractivity contribution in [2.45, 2.75) is 37.8 Å². The molecule has 3 aliphatic rings. The molecule has 4 N–H and O–H groups in total. The van der Waals surface area contributed by atoms with Crippen LogP contribution >= 0.6 is 0 Å². The predicted molar refractivity (Wildman–Crippen MR) is 105 cm³/mol. The number of nitrogens with zero attached hydrogens (tertiary/aromatic N) is 2. The number of carboxylic acids is 1. The number of benzene rings is 1. The van der Waals surface area contributed by atoms with E-state index in [0.29, 0.717) is 23.8 Å². The maximum Gasteiger partial charge on any atom is 0.341 e. The summed E-state index contributed by atoms with van der Waals surface area (Å²) in [6.45, 7) is 1.43. The van der Waals surface area contributed by atoms with Crippen molar-refractivity contribution >= 4 is 28.2 Å². The molecule has 1 unspecified atom stereocenters.